The molecule has 0 bridgehead atoms. The fourth-order valence-corrected chi connectivity index (χ4v) is 5.41. The molecule has 2 fully saturated rings. The first kappa shape index (κ1) is 24.6. The van der Waals surface area contributed by atoms with Gasteiger partial charge in [0.25, 0.3) is 0 Å². The topological polar surface area (TPSA) is 102 Å². The largest absolute Gasteiger partial charge is 0.490 e. The van der Waals surface area contributed by atoms with Crippen molar-refractivity contribution in [1.82, 2.24) is 10.0 Å². The zero-order valence-electron chi connectivity index (χ0n) is 18.6. The standard InChI is InChI=1S/C23H33FN2O5S/c1-16(19-9-11-20(24)21(14-19)31-15-17-6-5-7-17)26-32(29,30)13-4-2-3-8-18-10-12-22(27)25-23(18)28/h9,11,14,16-18,26H,2-8,10,12-13,15H2,1H3,(H,25,27,28)/t16-,18?/m1/s1. The van der Waals surface area contributed by atoms with Crippen LogP contribution in [-0.2, 0) is 19.6 Å². The van der Waals surface area contributed by atoms with Crippen LogP contribution in [0.3, 0.4) is 0 Å². The average molecular weight is 469 g/mol. The molecule has 178 valence electrons. The number of hydrogen-bond acceptors (Lipinski definition) is 5. The van der Waals surface area contributed by atoms with Crippen molar-refractivity contribution in [3.63, 3.8) is 0 Å². The molecular formula is C23H33FN2O5S. The second kappa shape index (κ2) is 11.2. The van der Waals surface area contributed by atoms with Crippen LogP contribution < -0.4 is 14.8 Å². The molecule has 1 aliphatic carbocycles. The molecular weight excluding hydrogens is 435 g/mol. The quantitative estimate of drug-likeness (QED) is 0.361. The van der Waals surface area contributed by atoms with Crippen LogP contribution in [0.4, 0.5) is 4.39 Å². The van der Waals surface area contributed by atoms with Crippen molar-refractivity contribution < 1.29 is 27.1 Å². The van der Waals surface area contributed by atoms with Gasteiger partial charge in [0.1, 0.15) is 0 Å². The second-order valence-electron chi connectivity index (χ2n) is 8.95. The Hall–Kier alpha value is -2.00. The first-order valence-corrected chi connectivity index (χ1v) is 13.1. The predicted octanol–water partition coefficient (Wildman–Crippen LogP) is 3.60. The van der Waals surface area contributed by atoms with Gasteiger partial charge in [-0.1, -0.05) is 25.3 Å². The molecule has 2 N–H and O–H groups in total. The predicted molar refractivity (Wildman–Crippen MR) is 119 cm³/mol. The van der Waals surface area contributed by atoms with Crippen LogP contribution in [0.2, 0.25) is 0 Å². The fraction of sp³-hybridized carbons (Fsp3) is 0.652. The van der Waals surface area contributed by atoms with Crippen LogP contribution in [0.5, 0.6) is 5.75 Å². The first-order chi connectivity index (χ1) is 15.2. The number of sulfonamides is 1. The van der Waals surface area contributed by atoms with E-state index < -0.39 is 21.9 Å². The highest BCUT2D eigenvalue weighted by Gasteiger charge is 2.26. The molecule has 1 aliphatic heterocycles. The highest BCUT2D eigenvalue weighted by Crippen LogP contribution is 2.29. The summed E-state index contributed by atoms with van der Waals surface area (Å²) in [6, 6.07) is 3.94. The van der Waals surface area contributed by atoms with Gasteiger partial charge in [-0.3, -0.25) is 14.9 Å². The molecule has 1 aromatic carbocycles. The monoisotopic (exact) mass is 468 g/mol. The minimum absolute atomic E-state index is 0.0150. The minimum atomic E-state index is -3.50. The van der Waals surface area contributed by atoms with E-state index in [0.717, 1.165) is 19.3 Å². The lowest BCUT2D eigenvalue weighted by Gasteiger charge is -2.25. The number of amides is 2. The molecule has 9 heteroatoms. The molecule has 1 saturated heterocycles. The SMILES string of the molecule is C[C@@H](NS(=O)(=O)CCCCCC1CCC(=O)NC1=O)c1ccc(F)c(OCC2CCC2)c1. The molecule has 0 aromatic heterocycles. The smallest absolute Gasteiger partial charge is 0.229 e. The van der Waals surface area contributed by atoms with Gasteiger partial charge in [0.05, 0.1) is 12.4 Å². The fourth-order valence-electron chi connectivity index (χ4n) is 4.04. The van der Waals surface area contributed by atoms with Gasteiger partial charge in [0.15, 0.2) is 11.6 Å². The molecule has 3 rings (SSSR count). The van der Waals surface area contributed by atoms with Gasteiger partial charge < -0.3 is 4.74 Å². The number of benzene rings is 1. The summed E-state index contributed by atoms with van der Waals surface area (Å²) < 4.78 is 47.2. The summed E-state index contributed by atoms with van der Waals surface area (Å²) in [7, 11) is -3.50. The lowest BCUT2D eigenvalue weighted by molar-refractivity contribution is -0.136. The zero-order valence-corrected chi connectivity index (χ0v) is 19.4. The number of halogens is 1. The molecule has 1 saturated carbocycles. The van der Waals surface area contributed by atoms with Crippen molar-refractivity contribution >= 4 is 21.8 Å². The Morgan fingerprint density at radius 1 is 1.19 bits per heavy atom. The molecule has 1 unspecified atom stereocenters. The van der Waals surface area contributed by atoms with E-state index in [0.29, 0.717) is 50.2 Å². The molecule has 0 spiro atoms. The van der Waals surface area contributed by atoms with E-state index in [4.69, 9.17) is 4.74 Å². The summed E-state index contributed by atoms with van der Waals surface area (Å²) in [6.45, 7) is 2.21. The lowest BCUT2D eigenvalue weighted by Crippen LogP contribution is -2.40. The Bertz CT molecular complexity index is 917. The summed E-state index contributed by atoms with van der Waals surface area (Å²) in [5.74, 6) is -0.437. The van der Waals surface area contributed by atoms with E-state index in [1.165, 1.54) is 12.5 Å². The van der Waals surface area contributed by atoms with E-state index in [1.54, 1.807) is 19.1 Å². The highest BCUT2D eigenvalue weighted by atomic mass is 32.2. The van der Waals surface area contributed by atoms with E-state index in [2.05, 4.69) is 10.0 Å². The van der Waals surface area contributed by atoms with Crippen LogP contribution in [0.1, 0.15) is 76.3 Å². The number of piperidine rings is 1. The molecule has 0 radical (unpaired) electrons. The maximum atomic E-state index is 14.1. The van der Waals surface area contributed by atoms with Crippen molar-refractivity contribution in [2.45, 2.75) is 70.8 Å². The second-order valence-corrected chi connectivity index (χ2v) is 10.8. The van der Waals surface area contributed by atoms with Gasteiger partial charge in [0.2, 0.25) is 21.8 Å². The Kier molecular flexibility index (Phi) is 8.64. The molecule has 2 aliphatic rings. The minimum Gasteiger partial charge on any atom is -0.490 e. The van der Waals surface area contributed by atoms with Gasteiger partial charge in [-0.25, -0.2) is 17.5 Å². The molecule has 32 heavy (non-hydrogen) atoms. The molecule has 1 aromatic rings. The highest BCUT2D eigenvalue weighted by molar-refractivity contribution is 7.89. The number of ether oxygens (including phenoxy) is 1. The Morgan fingerprint density at radius 2 is 1.97 bits per heavy atom. The normalized spacial score (nSPS) is 20.5. The zero-order chi connectivity index (χ0) is 23.1. The van der Waals surface area contributed by atoms with Crippen LogP contribution in [-0.4, -0.2) is 32.6 Å². The molecule has 2 atom stereocenters. The number of nitrogens with one attached hydrogen (secondary N) is 2. The van der Waals surface area contributed by atoms with E-state index in [9.17, 15) is 22.4 Å². The molecule has 1 heterocycles. The van der Waals surface area contributed by atoms with Gasteiger partial charge in [-0.15, -0.1) is 0 Å². The Morgan fingerprint density at radius 3 is 2.66 bits per heavy atom. The summed E-state index contributed by atoms with van der Waals surface area (Å²) in [5.41, 5.74) is 0.649. The van der Waals surface area contributed by atoms with Crippen LogP contribution >= 0.6 is 0 Å². The number of imide groups is 1. The maximum absolute atomic E-state index is 14.1. The third-order valence-electron chi connectivity index (χ3n) is 6.33. The first-order valence-electron chi connectivity index (χ1n) is 11.5. The van der Waals surface area contributed by atoms with Crippen LogP contribution in [0.25, 0.3) is 0 Å². The third kappa shape index (κ3) is 7.27. The van der Waals surface area contributed by atoms with Crippen molar-refractivity contribution in [2.24, 2.45) is 11.8 Å². The summed E-state index contributed by atoms with van der Waals surface area (Å²) in [6.07, 6.45) is 6.87. The number of hydrogen-bond donors (Lipinski definition) is 2. The third-order valence-corrected chi connectivity index (χ3v) is 7.87. The van der Waals surface area contributed by atoms with E-state index >= 15 is 0 Å². The van der Waals surface area contributed by atoms with Gasteiger partial charge >= 0.3 is 0 Å². The van der Waals surface area contributed by atoms with Crippen molar-refractivity contribution in [3.8, 4) is 5.75 Å². The number of carbonyl (C=O) groups is 2. The number of rotatable bonds is 12. The summed E-state index contributed by atoms with van der Waals surface area (Å²) in [5, 5.41) is 2.34. The summed E-state index contributed by atoms with van der Waals surface area (Å²) >= 11 is 0. The van der Waals surface area contributed by atoms with Gasteiger partial charge in [-0.05, 0) is 62.6 Å². The van der Waals surface area contributed by atoms with Crippen molar-refractivity contribution in [2.75, 3.05) is 12.4 Å². The Balaban J connectivity index is 1.41. The molecule has 7 nitrogen and oxygen atoms in total. The van der Waals surface area contributed by atoms with Crippen LogP contribution in [0, 0.1) is 17.7 Å². The van der Waals surface area contributed by atoms with E-state index in [1.807, 2.05) is 0 Å². The lowest BCUT2D eigenvalue weighted by atomic mass is 9.86. The molecule has 2 amide bonds. The maximum Gasteiger partial charge on any atom is 0.229 e. The van der Waals surface area contributed by atoms with Crippen molar-refractivity contribution in [1.29, 1.82) is 0 Å². The van der Waals surface area contributed by atoms with Gasteiger partial charge in [0, 0.05) is 18.4 Å². The number of unbranched alkanes of at least 4 members (excludes halogenated alkanes) is 2. The number of carbonyl (C=O) groups excluding carboxylic acids is 2. The van der Waals surface area contributed by atoms with E-state index in [-0.39, 0.29) is 29.2 Å². The Labute approximate surface area is 189 Å². The van der Waals surface area contributed by atoms with Crippen molar-refractivity contribution in [3.05, 3.63) is 29.6 Å². The van der Waals surface area contributed by atoms with Crippen LogP contribution in [0.15, 0.2) is 18.2 Å². The summed E-state index contributed by atoms with van der Waals surface area (Å²) in [4.78, 5) is 22.9. The van der Waals surface area contributed by atoms with Gasteiger partial charge in [-0.2, -0.15) is 0 Å². The average Bonchev–Trinajstić information content (AvgIpc) is 2.69.